The molecule has 1 aromatic heterocycles. The standard InChI is InChI=1S/C14H16N4OS/c1-2-7-18-13(9-19)16-17-14(18)20-10-12-6-4-3-5-11(12)8-15/h3-6,19H,2,7,9-10H2,1H3. The van der Waals surface area contributed by atoms with Crippen molar-refractivity contribution in [3.8, 4) is 6.07 Å². The molecule has 0 saturated heterocycles. The molecule has 0 unspecified atom stereocenters. The van der Waals surface area contributed by atoms with E-state index in [2.05, 4.69) is 23.2 Å². The zero-order chi connectivity index (χ0) is 14.4. The van der Waals surface area contributed by atoms with E-state index in [1.54, 1.807) is 0 Å². The van der Waals surface area contributed by atoms with Crippen molar-refractivity contribution in [3.05, 3.63) is 41.2 Å². The van der Waals surface area contributed by atoms with Gasteiger partial charge < -0.3 is 9.67 Å². The van der Waals surface area contributed by atoms with E-state index in [4.69, 9.17) is 5.26 Å². The van der Waals surface area contributed by atoms with E-state index in [9.17, 15) is 5.11 Å². The van der Waals surface area contributed by atoms with Crippen LogP contribution in [0.4, 0.5) is 0 Å². The summed E-state index contributed by atoms with van der Waals surface area (Å²) in [5.74, 6) is 1.25. The van der Waals surface area contributed by atoms with Gasteiger partial charge in [0.15, 0.2) is 11.0 Å². The van der Waals surface area contributed by atoms with Gasteiger partial charge in [-0.25, -0.2) is 0 Å². The Bertz CT molecular complexity index is 618. The number of thioether (sulfide) groups is 1. The van der Waals surface area contributed by atoms with Gasteiger partial charge in [0.05, 0.1) is 11.6 Å². The normalized spacial score (nSPS) is 10.4. The van der Waals surface area contributed by atoms with Gasteiger partial charge >= 0.3 is 0 Å². The van der Waals surface area contributed by atoms with E-state index in [0.29, 0.717) is 17.1 Å². The third kappa shape index (κ3) is 3.18. The van der Waals surface area contributed by atoms with Crippen molar-refractivity contribution in [1.82, 2.24) is 14.8 Å². The maximum Gasteiger partial charge on any atom is 0.191 e. The highest BCUT2D eigenvalue weighted by molar-refractivity contribution is 7.98. The Morgan fingerprint density at radius 1 is 1.35 bits per heavy atom. The topological polar surface area (TPSA) is 74.7 Å². The number of aliphatic hydroxyl groups excluding tert-OH is 1. The minimum absolute atomic E-state index is 0.109. The molecule has 20 heavy (non-hydrogen) atoms. The van der Waals surface area contributed by atoms with E-state index in [0.717, 1.165) is 23.7 Å². The van der Waals surface area contributed by atoms with Crippen LogP contribution in [0.15, 0.2) is 29.4 Å². The van der Waals surface area contributed by atoms with E-state index >= 15 is 0 Å². The van der Waals surface area contributed by atoms with Gasteiger partial charge in [-0.15, -0.1) is 10.2 Å². The van der Waals surface area contributed by atoms with Crippen LogP contribution in [0, 0.1) is 11.3 Å². The quantitative estimate of drug-likeness (QED) is 0.826. The SMILES string of the molecule is CCCn1c(CO)nnc1SCc1ccccc1C#N. The van der Waals surface area contributed by atoms with Crippen LogP contribution in [-0.2, 0) is 18.9 Å². The first kappa shape index (κ1) is 14.6. The highest BCUT2D eigenvalue weighted by Gasteiger charge is 2.12. The first-order chi connectivity index (χ1) is 9.80. The van der Waals surface area contributed by atoms with Crippen LogP contribution in [0.25, 0.3) is 0 Å². The molecule has 1 N–H and O–H groups in total. The van der Waals surface area contributed by atoms with Crippen molar-refractivity contribution in [2.75, 3.05) is 0 Å². The van der Waals surface area contributed by atoms with E-state index < -0.39 is 0 Å². The molecule has 0 atom stereocenters. The molecule has 0 amide bonds. The van der Waals surface area contributed by atoms with Gasteiger partial charge in [0.2, 0.25) is 0 Å². The van der Waals surface area contributed by atoms with Crippen LogP contribution in [0.1, 0.15) is 30.3 Å². The van der Waals surface area contributed by atoms with Gasteiger partial charge in [-0.05, 0) is 18.1 Å². The van der Waals surface area contributed by atoms with Crippen molar-refractivity contribution in [2.24, 2.45) is 0 Å². The number of hydrogen-bond donors (Lipinski definition) is 1. The Hall–Kier alpha value is -1.84. The number of benzene rings is 1. The zero-order valence-electron chi connectivity index (χ0n) is 11.3. The molecule has 104 valence electrons. The second-order valence-electron chi connectivity index (χ2n) is 4.27. The molecule has 0 aliphatic heterocycles. The highest BCUT2D eigenvalue weighted by atomic mass is 32.2. The number of aliphatic hydroxyl groups is 1. The highest BCUT2D eigenvalue weighted by Crippen LogP contribution is 2.23. The van der Waals surface area contributed by atoms with Gasteiger partial charge in [0, 0.05) is 12.3 Å². The lowest BCUT2D eigenvalue weighted by Crippen LogP contribution is -2.04. The molecular weight excluding hydrogens is 272 g/mol. The molecule has 1 heterocycles. The zero-order valence-corrected chi connectivity index (χ0v) is 12.1. The monoisotopic (exact) mass is 288 g/mol. The van der Waals surface area contributed by atoms with Gasteiger partial charge in [-0.3, -0.25) is 0 Å². The van der Waals surface area contributed by atoms with Crippen molar-refractivity contribution in [1.29, 1.82) is 5.26 Å². The third-order valence-electron chi connectivity index (χ3n) is 2.88. The number of rotatable bonds is 6. The summed E-state index contributed by atoms with van der Waals surface area (Å²) < 4.78 is 1.93. The Balaban J connectivity index is 2.15. The molecule has 2 rings (SSSR count). The average molecular weight is 288 g/mol. The molecule has 0 radical (unpaired) electrons. The Kier molecular flexibility index (Phi) is 5.16. The van der Waals surface area contributed by atoms with Gasteiger partial charge in [-0.1, -0.05) is 36.9 Å². The molecule has 0 aliphatic carbocycles. The Morgan fingerprint density at radius 2 is 2.15 bits per heavy atom. The second-order valence-corrected chi connectivity index (χ2v) is 5.21. The predicted molar refractivity (Wildman–Crippen MR) is 77.0 cm³/mol. The third-order valence-corrected chi connectivity index (χ3v) is 3.89. The lowest BCUT2D eigenvalue weighted by atomic mass is 10.1. The van der Waals surface area contributed by atoms with Crippen LogP contribution in [0.2, 0.25) is 0 Å². The van der Waals surface area contributed by atoms with Crippen molar-refractivity contribution >= 4 is 11.8 Å². The molecule has 0 spiro atoms. The van der Waals surface area contributed by atoms with Crippen LogP contribution in [0.3, 0.4) is 0 Å². The maximum absolute atomic E-state index is 9.25. The van der Waals surface area contributed by atoms with Crippen molar-refractivity contribution in [3.63, 3.8) is 0 Å². The van der Waals surface area contributed by atoms with Gasteiger partial charge in [0.1, 0.15) is 6.61 Å². The molecule has 5 nitrogen and oxygen atoms in total. The van der Waals surface area contributed by atoms with Crippen LogP contribution >= 0.6 is 11.8 Å². The number of nitrogens with zero attached hydrogens (tertiary/aromatic N) is 4. The average Bonchev–Trinajstić information content (AvgIpc) is 2.88. The fourth-order valence-electron chi connectivity index (χ4n) is 1.89. The molecule has 0 bridgehead atoms. The predicted octanol–water partition coefficient (Wildman–Crippen LogP) is 2.34. The molecule has 0 fully saturated rings. The number of aromatic nitrogens is 3. The summed E-state index contributed by atoms with van der Waals surface area (Å²) in [6, 6.07) is 9.73. The largest absolute Gasteiger partial charge is 0.388 e. The maximum atomic E-state index is 9.25. The molecule has 2 aromatic rings. The summed E-state index contributed by atoms with van der Waals surface area (Å²) in [6.07, 6.45) is 0.952. The minimum atomic E-state index is -0.109. The summed E-state index contributed by atoms with van der Waals surface area (Å²) >= 11 is 1.53. The lowest BCUT2D eigenvalue weighted by Gasteiger charge is -2.07. The lowest BCUT2D eigenvalue weighted by molar-refractivity contribution is 0.263. The van der Waals surface area contributed by atoms with E-state index in [1.807, 2.05) is 28.8 Å². The first-order valence-electron chi connectivity index (χ1n) is 6.43. The van der Waals surface area contributed by atoms with Gasteiger partial charge in [-0.2, -0.15) is 5.26 Å². The van der Waals surface area contributed by atoms with Crippen molar-refractivity contribution < 1.29 is 5.11 Å². The first-order valence-corrected chi connectivity index (χ1v) is 7.42. The van der Waals surface area contributed by atoms with E-state index in [-0.39, 0.29) is 6.61 Å². The smallest absolute Gasteiger partial charge is 0.191 e. The summed E-state index contributed by atoms with van der Waals surface area (Å²) in [5, 5.41) is 27.2. The fraction of sp³-hybridized carbons (Fsp3) is 0.357. The number of hydrogen-bond acceptors (Lipinski definition) is 5. The molecule has 0 saturated carbocycles. The summed E-state index contributed by atoms with van der Waals surface area (Å²) in [6.45, 7) is 2.74. The Labute approximate surface area is 122 Å². The minimum Gasteiger partial charge on any atom is -0.388 e. The Morgan fingerprint density at radius 3 is 2.85 bits per heavy atom. The van der Waals surface area contributed by atoms with Crippen LogP contribution in [-0.4, -0.2) is 19.9 Å². The summed E-state index contributed by atoms with van der Waals surface area (Å²) in [4.78, 5) is 0. The van der Waals surface area contributed by atoms with Gasteiger partial charge in [0.25, 0.3) is 0 Å². The van der Waals surface area contributed by atoms with E-state index in [1.165, 1.54) is 11.8 Å². The summed E-state index contributed by atoms with van der Waals surface area (Å²) in [5.41, 5.74) is 1.67. The second kappa shape index (κ2) is 7.08. The molecule has 1 aromatic carbocycles. The van der Waals surface area contributed by atoms with Crippen LogP contribution in [0.5, 0.6) is 0 Å². The van der Waals surface area contributed by atoms with Crippen LogP contribution < -0.4 is 0 Å². The number of nitriles is 1. The molecule has 6 heteroatoms. The van der Waals surface area contributed by atoms with Crippen molar-refractivity contribution in [2.45, 2.75) is 37.4 Å². The summed E-state index contributed by atoms with van der Waals surface area (Å²) in [7, 11) is 0. The molecule has 0 aliphatic rings. The molecular formula is C14H16N4OS. The fourth-order valence-corrected chi connectivity index (χ4v) is 2.88.